The van der Waals surface area contributed by atoms with Crippen molar-refractivity contribution in [2.24, 2.45) is 10.9 Å². The summed E-state index contributed by atoms with van der Waals surface area (Å²) in [5.41, 5.74) is 3.81. The van der Waals surface area contributed by atoms with Gasteiger partial charge in [-0.25, -0.2) is 4.39 Å². The van der Waals surface area contributed by atoms with E-state index in [0.717, 1.165) is 11.3 Å². The second-order valence-corrected chi connectivity index (χ2v) is 7.19. The first-order valence-electron chi connectivity index (χ1n) is 9.10. The van der Waals surface area contributed by atoms with Crippen molar-refractivity contribution < 1.29 is 9.18 Å². The highest BCUT2D eigenvalue weighted by Gasteiger charge is 2.41. The van der Waals surface area contributed by atoms with Crippen LogP contribution in [0, 0.1) is 23.1 Å². The van der Waals surface area contributed by atoms with Crippen molar-refractivity contribution >= 4 is 11.5 Å². The number of carbonyl (C=O) groups excluding carboxylic acids is 1. The largest absolute Gasteiger partial charge is 0.294 e. The molecule has 0 N–H and O–H groups in total. The van der Waals surface area contributed by atoms with Gasteiger partial charge in [-0.15, -0.1) is 0 Å². The molecule has 2 aromatic carbocycles. The number of hydrogen-bond donors (Lipinski definition) is 0. The minimum absolute atomic E-state index is 0.0101. The van der Waals surface area contributed by atoms with Crippen molar-refractivity contribution in [3.8, 4) is 6.07 Å². The number of rotatable bonds is 2. The molecule has 1 unspecified atom stereocenters. The first-order chi connectivity index (χ1) is 13.1. The van der Waals surface area contributed by atoms with E-state index in [9.17, 15) is 14.4 Å². The number of nitrogens with zero attached hydrogens (tertiary/aromatic N) is 2. The van der Waals surface area contributed by atoms with Crippen LogP contribution in [0.2, 0.25) is 0 Å². The summed E-state index contributed by atoms with van der Waals surface area (Å²) < 4.78 is 13.8. The van der Waals surface area contributed by atoms with Crippen LogP contribution in [0.5, 0.6) is 0 Å². The maximum atomic E-state index is 13.8. The highest BCUT2D eigenvalue weighted by atomic mass is 19.1. The molecule has 1 aliphatic heterocycles. The molecule has 134 valence electrons. The van der Waals surface area contributed by atoms with Gasteiger partial charge in [-0.05, 0) is 42.5 Å². The summed E-state index contributed by atoms with van der Waals surface area (Å²) in [7, 11) is 0. The fourth-order valence-electron chi connectivity index (χ4n) is 4.25. The summed E-state index contributed by atoms with van der Waals surface area (Å²) in [5, 5.41) is 9.71. The van der Waals surface area contributed by atoms with E-state index in [1.807, 2.05) is 37.3 Å². The van der Waals surface area contributed by atoms with Gasteiger partial charge in [-0.3, -0.25) is 9.79 Å². The average molecular weight is 358 g/mol. The van der Waals surface area contributed by atoms with Crippen molar-refractivity contribution in [1.29, 1.82) is 5.26 Å². The first-order valence-corrected chi connectivity index (χ1v) is 9.10. The maximum Gasteiger partial charge on any atom is 0.161 e. The predicted octanol–water partition coefficient (Wildman–Crippen LogP) is 4.92. The van der Waals surface area contributed by atoms with Crippen molar-refractivity contribution in [2.45, 2.75) is 31.6 Å². The van der Waals surface area contributed by atoms with Crippen LogP contribution in [0.1, 0.15) is 42.7 Å². The topological polar surface area (TPSA) is 53.2 Å². The second kappa shape index (κ2) is 6.92. The Morgan fingerprint density at radius 3 is 2.52 bits per heavy atom. The predicted molar refractivity (Wildman–Crippen MR) is 102 cm³/mol. The van der Waals surface area contributed by atoms with Crippen LogP contribution >= 0.6 is 0 Å². The lowest BCUT2D eigenvalue weighted by molar-refractivity contribution is -0.116. The summed E-state index contributed by atoms with van der Waals surface area (Å²) in [5.74, 6) is -1.28. The van der Waals surface area contributed by atoms with E-state index in [0.29, 0.717) is 29.7 Å². The fourth-order valence-corrected chi connectivity index (χ4v) is 4.25. The number of halogens is 1. The normalized spacial score (nSPS) is 24.9. The molecule has 1 heterocycles. The standard InChI is InChI=1S/C23H19FN2O/c1-14-19(13-25)22(16-8-5-9-18(24)10-16)23-20(26-14)11-17(12-21(23)27)15-6-3-2-4-7-15/h2-10,17,19,22H,11-12H2,1H3/t17-,19?,22-/m1/s1. The van der Waals surface area contributed by atoms with Crippen LogP contribution < -0.4 is 0 Å². The smallest absolute Gasteiger partial charge is 0.161 e. The summed E-state index contributed by atoms with van der Waals surface area (Å²) >= 11 is 0. The van der Waals surface area contributed by atoms with Crippen LogP contribution in [0.3, 0.4) is 0 Å². The van der Waals surface area contributed by atoms with Crippen molar-refractivity contribution in [2.75, 3.05) is 0 Å². The van der Waals surface area contributed by atoms with E-state index >= 15 is 0 Å². The zero-order chi connectivity index (χ0) is 19.0. The van der Waals surface area contributed by atoms with Crippen LogP contribution in [0.15, 0.2) is 70.9 Å². The van der Waals surface area contributed by atoms with Gasteiger partial charge < -0.3 is 0 Å². The Kier molecular flexibility index (Phi) is 4.45. The highest BCUT2D eigenvalue weighted by molar-refractivity contribution is 6.03. The molecule has 0 saturated heterocycles. The Labute approximate surface area is 157 Å². The van der Waals surface area contributed by atoms with Crippen molar-refractivity contribution in [1.82, 2.24) is 0 Å². The molecular formula is C23H19FN2O. The molecule has 0 amide bonds. The maximum absolute atomic E-state index is 13.8. The minimum Gasteiger partial charge on any atom is -0.294 e. The van der Waals surface area contributed by atoms with Crippen LogP contribution in [0.4, 0.5) is 4.39 Å². The molecule has 1 aliphatic carbocycles. The molecule has 0 saturated carbocycles. The second-order valence-electron chi connectivity index (χ2n) is 7.19. The van der Waals surface area contributed by atoms with Gasteiger partial charge in [0, 0.05) is 29.3 Å². The lowest BCUT2D eigenvalue weighted by atomic mass is 9.69. The van der Waals surface area contributed by atoms with Gasteiger partial charge in [0.25, 0.3) is 0 Å². The number of carbonyl (C=O) groups is 1. The summed E-state index contributed by atoms with van der Waals surface area (Å²) in [6.07, 6.45) is 1.05. The third-order valence-electron chi connectivity index (χ3n) is 5.51. The molecule has 4 rings (SSSR count). The highest BCUT2D eigenvalue weighted by Crippen LogP contribution is 2.46. The summed E-state index contributed by atoms with van der Waals surface area (Å²) in [6, 6.07) is 18.5. The van der Waals surface area contributed by atoms with Crippen LogP contribution in [0.25, 0.3) is 0 Å². The lowest BCUT2D eigenvalue weighted by Gasteiger charge is -2.35. The SMILES string of the molecule is CC1=NC2=C(C(=O)C[C@H](c3ccccc3)C2)[C@H](c2cccc(F)c2)C1C#N. The zero-order valence-electron chi connectivity index (χ0n) is 15.0. The Balaban J connectivity index is 1.81. The Hall–Kier alpha value is -3.06. The van der Waals surface area contributed by atoms with Gasteiger partial charge in [0.1, 0.15) is 5.82 Å². The summed E-state index contributed by atoms with van der Waals surface area (Å²) in [4.78, 5) is 17.8. The third-order valence-corrected chi connectivity index (χ3v) is 5.51. The van der Waals surface area contributed by atoms with Gasteiger partial charge >= 0.3 is 0 Å². The van der Waals surface area contributed by atoms with Crippen LogP contribution in [-0.4, -0.2) is 11.5 Å². The van der Waals surface area contributed by atoms with Crippen molar-refractivity contribution in [3.63, 3.8) is 0 Å². The van der Waals surface area contributed by atoms with E-state index in [4.69, 9.17) is 0 Å². The van der Waals surface area contributed by atoms with Gasteiger partial charge in [0.2, 0.25) is 0 Å². The number of allylic oxidation sites excluding steroid dienone is 2. The van der Waals surface area contributed by atoms with E-state index in [1.54, 1.807) is 12.1 Å². The number of hydrogen-bond acceptors (Lipinski definition) is 3. The Morgan fingerprint density at radius 2 is 1.81 bits per heavy atom. The molecule has 3 atom stereocenters. The Morgan fingerprint density at radius 1 is 1.07 bits per heavy atom. The molecule has 2 aliphatic rings. The molecule has 4 heteroatoms. The number of benzene rings is 2. The fraction of sp³-hybridized carbons (Fsp3) is 0.261. The molecule has 3 nitrogen and oxygen atoms in total. The molecule has 0 bridgehead atoms. The quantitative estimate of drug-likeness (QED) is 0.765. The van der Waals surface area contributed by atoms with E-state index in [-0.39, 0.29) is 17.5 Å². The molecule has 2 aromatic rings. The number of ketones is 1. The van der Waals surface area contributed by atoms with Crippen molar-refractivity contribution in [3.05, 3.63) is 82.8 Å². The third kappa shape index (κ3) is 3.10. The molecular weight excluding hydrogens is 339 g/mol. The lowest BCUT2D eigenvalue weighted by Crippen LogP contribution is -2.32. The van der Waals surface area contributed by atoms with Gasteiger partial charge in [0.05, 0.1) is 12.0 Å². The van der Waals surface area contributed by atoms with E-state index in [2.05, 4.69) is 11.1 Å². The van der Waals surface area contributed by atoms with E-state index < -0.39 is 11.8 Å². The number of aliphatic imine (C=N–C) groups is 1. The molecule has 0 fully saturated rings. The number of nitriles is 1. The molecule has 0 radical (unpaired) electrons. The van der Waals surface area contributed by atoms with Gasteiger partial charge in [-0.1, -0.05) is 42.5 Å². The minimum atomic E-state index is -0.553. The Bertz CT molecular complexity index is 1000. The van der Waals surface area contributed by atoms with E-state index in [1.165, 1.54) is 12.1 Å². The van der Waals surface area contributed by atoms with Gasteiger partial charge in [-0.2, -0.15) is 5.26 Å². The molecule has 0 spiro atoms. The van der Waals surface area contributed by atoms with Gasteiger partial charge in [0.15, 0.2) is 5.78 Å². The zero-order valence-corrected chi connectivity index (χ0v) is 15.0. The summed E-state index contributed by atoms with van der Waals surface area (Å²) in [6.45, 7) is 1.82. The monoisotopic (exact) mass is 358 g/mol. The molecule has 0 aromatic heterocycles. The first kappa shape index (κ1) is 17.4. The van der Waals surface area contributed by atoms with Crippen LogP contribution in [-0.2, 0) is 4.79 Å². The number of Topliss-reactive ketones (excluding diaryl/α,β-unsaturated/α-hetero) is 1. The molecule has 27 heavy (non-hydrogen) atoms. The average Bonchev–Trinajstić information content (AvgIpc) is 2.67.